The molecule has 122 valence electrons. The molecule has 0 radical (unpaired) electrons. The third kappa shape index (κ3) is 5.00. The van der Waals surface area contributed by atoms with Crippen molar-refractivity contribution in [2.45, 2.75) is 25.9 Å². The number of nitrogens with zero attached hydrogens (tertiary/aromatic N) is 2. The fourth-order valence-electron chi connectivity index (χ4n) is 2.58. The molecule has 0 atom stereocenters. The van der Waals surface area contributed by atoms with E-state index in [0.717, 1.165) is 45.4 Å². The van der Waals surface area contributed by atoms with Crippen LogP contribution in [0.25, 0.3) is 0 Å². The summed E-state index contributed by atoms with van der Waals surface area (Å²) < 4.78 is 5.43. The molecular weight excluding hydrogens is 276 g/mol. The molecule has 0 saturated carbocycles. The van der Waals surface area contributed by atoms with Crippen LogP contribution in [0.3, 0.4) is 0 Å². The Morgan fingerprint density at radius 3 is 2.50 bits per heavy atom. The summed E-state index contributed by atoms with van der Waals surface area (Å²) in [7, 11) is 1.81. The van der Waals surface area contributed by atoms with Gasteiger partial charge < -0.3 is 15.4 Å². The van der Waals surface area contributed by atoms with Gasteiger partial charge >= 0.3 is 0 Å². The van der Waals surface area contributed by atoms with Crippen molar-refractivity contribution in [1.82, 2.24) is 15.5 Å². The quantitative estimate of drug-likeness (QED) is 0.639. The van der Waals surface area contributed by atoms with E-state index in [1.54, 1.807) is 0 Å². The predicted molar refractivity (Wildman–Crippen MR) is 91.1 cm³/mol. The normalized spacial score (nSPS) is 17.3. The molecule has 1 aliphatic rings. The SMILES string of the molecule is CN=C(NCc1ccccc1)NCC(C)(C)N1CCOCC1. The van der Waals surface area contributed by atoms with Crippen LogP contribution in [0.5, 0.6) is 0 Å². The fourth-order valence-corrected chi connectivity index (χ4v) is 2.58. The Labute approximate surface area is 133 Å². The van der Waals surface area contributed by atoms with Gasteiger partial charge in [0.05, 0.1) is 13.2 Å². The lowest BCUT2D eigenvalue weighted by molar-refractivity contribution is -0.00834. The summed E-state index contributed by atoms with van der Waals surface area (Å²) in [5, 5.41) is 6.79. The summed E-state index contributed by atoms with van der Waals surface area (Å²) in [5.41, 5.74) is 1.33. The van der Waals surface area contributed by atoms with Gasteiger partial charge in [-0.05, 0) is 19.4 Å². The average molecular weight is 304 g/mol. The van der Waals surface area contributed by atoms with Crippen molar-refractivity contribution < 1.29 is 4.74 Å². The third-order valence-electron chi connectivity index (χ3n) is 4.08. The summed E-state index contributed by atoms with van der Waals surface area (Å²) in [4.78, 5) is 6.77. The summed E-state index contributed by atoms with van der Waals surface area (Å²) in [6, 6.07) is 10.3. The zero-order chi connectivity index (χ0) is 15.8. The zero-order valence-corrected chi connectivity index (χ0v) is 13.9. The van der Waals surface area contributed by atoms with Crippen LogP contribution in [0.2, 0.25) is 0 Å². The summed E-state index contributed by atoms with van der Waals surface area (Å²) >= 11 is 0. The molecular formula is C17H28N4O. The molecule has 1 aromatic rings. The van der Waals surface area contributed by atoms with E-state index in [-0.39, 0.29) is 5.54 Å². The topological polar surface area (TPSA) is 48.9 Å². The van der Waals surface area contributed by atoms with Gasteiger partial charge in [-0.25, -0.2) is 0 Å². The number of rotatable bonds is 5. The molecule has 1 saturated heterocycles. The van der Waals surface area contributed by atoms with Crippen LogP contribution in [0.4, 0.5) is 0 Å². The third-order valence-corrected chi connectivity index (χ3v) is 4.08. The number of morpholine rings is 1. The number of guanidine groups is 1. The minimum atomic E-state index is 0.0775. The molecule has 2 N–H and O–H groups in total. The number of hydrogen-bond donors (Lipinski definition) is 2. The van der Waals surface area contributed by atoms with Crippen LogP contribution in [0.15, 0.2) is 35.3 Å². The van der Waals surface area contributed by atoms with Crippen LogP contribution >= 0.6 is 0 Å². The van der Waals surface area contributed by atoms with E-state index < -0.39 is 0 Å². The molecule has 22 heavy (non-hydrogen) atoms. The van der Waals surface area contributed by atoms with Crippen LogP contribution in [-0.2, 0) is 11.3 Å². The lowest BCUT2D eigenvalue weighted by atomic mass is 10.0. The average Bonchev–Trinajstić information content (AvgIpc) is 2.57. The zero-order valence-electron chi connectivity index (χ0n) is 13.9. The van der Waals surface area contributed by atoms with E-state index >= 15 is 0 Å². The number of ether oxygens (including phenoxy) is 1. The second kappa shape index (κ2) is 8.15. The standard InChI is InChI=1S/C17H28N4O/c1-17(2,21-9-11-22-12-10-21)14-20-16(18-3)19-13-15-7-5-4-6-8-15/h4-8H,9-14H2,1-3H3,(H2,18,19,20). The number of aliphatic imine (C=N–C) groups is 1. The van der Waals surface area contributed by atoms with Gasteiger partial charge in [-0.15, -0.1) is 0 Å². The minimum Gasteiger partial charge on any atom is -0.379 e. The Morgan fingerprint density at radius 2 is 1.86 bits per heavy atom. The van der Waals surface area contributed by atoms with Gasteiger partial charge in [0.2, 0.25) is 0 Å². The van der Waals surface area contributed by atoms with E-state index in [0.29, 0.717) is 0 Å². The van der Waals surface area contributed by atoms with Gasteiger partial charge in [0.25, 0.3) is 0 Å². The highest BCUT2D eigenvalue weighted by Crippen LogP contribution is 2.14. The molecule has 0 bridgehead atoms. The van der Waals surface area contributed by atoms with Gasteiger partial charge in [-0.2, -0.15) is 0 Å². The Bertz CT molecular complexity index is 467. The van der Waals surface area contributed by atoms with Gasteiger partial charge in [0, 0.05) is 38.8 Å². The maximum Gasteiger partial charge on any atom is 0.191 e. The first-order chi connectivity index (χ1) is 10.6. The van der Waals surface area contributed by atoms with Crippen molar-refractivity contribution >= 4 is 5.96 Å². The number of nitrogens with one attached hydrogen (secondary N) is 2. The highest BCUT2D eigenvalue weighted by molar-refractivity contribution is 5.79. The number of hydrogen-bond acceptors (Lipinski definition) is 3. The Kier molecular flexibility index (Phi) is 6.21. The molecule has 5 nitrogen and oxygen atoms in total. The van der Waals surface area contributed by atoms with Gasteiger partial charge in [-0.3, -0.25) is 9.89 Å². The lowest BCUT2D eigenvalue weighted by Gasteiger charge is -2.41. The second-order valence-electron chi connectivity index (χ2n) is 6.18. The molecule has 2 rings (SSSR count). The van der Waals surface area contributed by atoms with Crippen LogP contribution in [0.1, 0.15) is 19.4 Å². The maximum atomic E-state index is 5.43. The molecule has 0 spiro atoms. The van der Waals surface area contributed by atoms with Crippen LogP contribution in [0, 0.1) is 0 Å². The molecule has 5 heteroatoms. The Balaban J connectivity index is 1.80. The highest BCUT2D eigenvalue weighted by atomic mass is 16.5. The van der Waals surface area contributed by atoms with Gasteiger partial charge in [0.15, 0.2) is 5.96 Å². The first-order valence-electron chi connectivity index (χ1n) is 7.93. The maximum absolute atomic E-state index is 5.43. The Hall–Kier alpha value is -1.59. The van der Waals surface area contributed by atoms with Gasteiger partial charge in [-0.1, -0.05) is 30.3 Å². The molecule has 0 amide bonds. The highest BCUT2D eigenvalue weighted by Gasteiger charge is 2.28. The van der Waals surface area contributed by atoms with Crippen molar-refractivity contribution in [3.8, 4) is 0 Å². The first kappa shape index (κ1) is 16.8. The minimum absolute atomic E-state index is 0.0775. The summed E-state index contributed by atoms with van der Waals surface area (Å²) in [6.07, 6.45) is 0. The molecule has 0 unspecified atom stereocenters. The fraction of sp³-hybridized carbons (Fsp3) is 0.588. The Morgan fingerprint density at radius 1 is 1.18 bits per heavy atom. The van der Waals surface area contributed by atoms with Crippen LogP contribution in [-0.4, -0.2) is 56.3 Å². The molecule has 1 aromatic carbocycles. The molecule has 0 aromatic heterocycles. The smallest absolute Gasteiger partial charge is 0.191 e. The van der Waals surface area contributed by atoms with Crippen molar-refractivity contribution in [2.75, 3.05) is 39.9 Å². The van der Waals surface area contributed by atoms with Crippen molar-refractivity contribution in [3.05, 3.63) is 35.9 Å². The predicted octanol–water partition coefficient (Wildman–Crippen LogP) is 1.46. The monoisotopic (exact) mass is 304 g/mol. The van der Waals surface area contributed by atoms with E-state index in [9.17, 15) is 0 Å². The van der Waals surface area contributed by atoms with E-state index in [1.165, 1.54) is 5.56 Å². The first-order valence-corrected chi connectivity index (χ1v) is 7.93. The second-order valence-corrected chi connectivity index (χ2v) is 6.18. The summed E-state index contributed by atoms with van der Waals surface area (Å²) in [5.74, 6) is 0.838. The molecule has 1 aliphatic heterocycles. The molecule has 0 aliphatic carbocycles. The summed E-state index contributed by atoms with van der Waals surface area (Å²) in [6.45, 7) is 9.77. The van der Waals surface area contributed by atoms with Crippen molar-refractivity contribution in [1.29, 1.82) is 0 Å². The van der Waals surface area contributed by atoms with E-state index in [2.05, 4.69) is 58.6 Å². The van der Waals surface area contributed by atoms with E-state index in [1.807, 2.05) is 13.1 Å². The van der Waals surface area contributed by atoms with E-state index in [4.69, 9.17) is 4.74 Å². The van der Waals surface area contributed by atoms with Crippen molar-refractivity contribution in [2.24, 2.45) is 4.99 Å². The van der Waals surface area contributed by atoms with Crippen molar-refractivity contribution in [3.63, 3.8) is 0 Å². The van der Waals surface area contributed by atoms with Gasteiger partial charge in [0.1, 0.15) is 0 Å². The van der Waals surface area contributed by atoms with Crippen LogP contribution < -0.4 is 10.6 Å². The molecule has 1 fully saturated rings. The lowest BCUT2D eigenvalue weighted by Crippen LogP contribution is -2.56. The number of benzene rings is 1. The molecule has 1 heterocycles. The largest absolute Gasteiger partial charge is 0.379 e.